The Morgan fingerprint density at radius 3 is 1.76 bits per heavy atom. The van der Waals surface area contributed by atoms with E-state index in [4.69, 9.17) is 61.6 Å². The molecule has 0 aromatic rings. The number of aliphatic hydroxyl groups excluding tert-OH is 9. The average molecular weight is 1210 g/mol. The Morgan fingerprint density at radius 2 is 1.08 bits per heavy atom. The van der Waals surface area contributed by atoms with Gasteiger partial charge in [-0.1, -0.05) is 111 Å². The number of rotatable bonds is 21. The molecule has 25 nitrogen and oxygen atoms in total. The summed E-state index contributed by atoms with van der Waals surface area (Å²) in [6, 6.07) is 0. The van der Waals surface area contributed by atoms with Crippen LogP contribution in [-0.4, -0.2) is 230 Å². The largest absolute Gasteiger partial charge is 0.457 e. The van der Waals surface area contributed by atoms with Crippen LogP contribution in [0.2, 0.25) is 0 Å². The van der Waals surface area contributed by atoms with Crippen molar-refractivity contribution in [2.24, 2.45) is 5.92 Å². The van der Waals surface area contributed by atoms with Crippen LogP contribution in [0.4, 0.5) is 0 Å². The molecular weight excluding hydrogens is 1110 g/mol. The van der Waals surface area contributed by atoms with Crippen molar-refractivity contribution < 1.29 is 122 Å². The molecule has 9 N–H and O–H groups in total. The molecule has 25 heteroatoms. The molecule has 6 saturated heterocycles. The van der Waals surface area contributed by atoms with Gasteiger partial charge in [0.2, 0.25) is 0 Å². The normalized spacial score (nSPS) is 42.7. The first-order chi connectivity index (χ1) is 40.1. The number of fused-ring (bicyclic) bond motifs is 2. The van der Waals surface area contributed by atoms with Gasteiger partial charge in [-0.3, -0.25) is 14.4 Å². The van der Waals surface area contributed by atoms with Crippen LogP contribution in [0.5, 0.6) is 0 Å². The van der Waals surface area contributed by atoms with E-state index in [1.54, 1.807) is 20.8 Å². The lowest BCUT2D eigenvalue weighted by Crippen LogP contribution is -2.68. The second-order valence-corrected chi connectivity index (χ2v) is 23.9. The molecule has 0 aromatic carbocycles. The molecule has 0 aliphatic carbocycles. The van der Waals surface area contributed by atoms with Gasteiger partial charge in [-0.25, -0.2) is 0 Å². The summed E-state index contributed by atoms with van der Waals surface area (Å²) in [5.74, 6) is -2.67. The zero-order valence-electron chi connectivity index (χ0n) is 50.5. The molecule has 0 aromatic heterocycles. The highest BCUT2D eigenvalue weighted by Crippen LogP contribution is 2.39. The van der Waals surface area contributed by atoms with Crippen molar-refractivity contribution in [1.29, 1.82) is 0 Å². The monoisotopic (exact) mass is 1210 g/mol. The number of hydrogen-bond donors (Lipinski definition) is 9. The first kappa shape index (κ1) is 70.7. The van der Waals surface area contributed by atoms with Crippen LogP contribution in [0.15, 0.2) is 0 Å². The second-order valence-electron chi connectivity index (χ2n) is 23.9. The fraction of sp³-hybridized carbons (Fsp3) is 0.949. The molecule has 27 atom stereocenters. The first-order valence-corrected chi connectivity index (χ1v) is 31.3. The molecule has 0 saturated carbocycles. The molecule has 0 spiro atoms. The Bertz CT molecular complexity index is 1940. The highest BCUT2D eigenvalue weighted by molar-refractivity contribution is 5.72. The Hall–Kier alpha value is -2.35. The van der Waals surface area contributed by atoms with Crippen LogP contribution in [0.3, 0.4) is 0 Å². The van der Waals surface area contributed by atoms with E-state index in [-0.39, 0.29) is 18.9 Å². The van der Waals surface area contributed by atoms with Crippen LogP contribution < -0.4 is 0 Å². The summed E-state index contributed by atoms with van der Waals surface area (Å²) in [4.78, 5) is 41.0. The van der Waals surface area contributed by atoms with Crippen molar-refractivity contribution in [2.45, 2.75) is 343 Å². The van der Waals surface area contributed by atoms with E-state index in [9.17, 15) is 60.3 Å². The van der Waals surface area contributed by atoms with Crippen molar-refractivity contribution in [3.8, 4) is 0 Å². The molecule has 6 aliphatic rings. The third-order valence-electron chi connectivity index (χ3n) is 17.2. The number of unbranched alkanes of at least 4 members (excludes halogenated alkanes) is 6. The number of aliphatic hydroxyl groups is 9. The molecule has 0 bridgehead atoms. The topological polar surface area (TPSA) is 353 Å². The fourth-order valence-corrected chi connectivity index (χ4v) is 11.7. The number of esters is 3. The van der Waals surface area contributed by atoms with E-state index in [1.807, 2.05) is 6.92 Å². The molecule has 27 unspecified atom stereocenters. The fourth-order valence-electron chi connectivity index (χ4n) is 11.7. The summed E-state index contributed by atoms with van der Waals surface area (Å²) in [7, 11) is 0. The van der Waals surface area contributed by atoms with Crippen molar-refractivity contribution in [2.75, 3.05) is 6.61 Å². The van der Waals surface area contributed by atoms with Gasteiger partial charge in [0, 0.05) is 12.8 Å². The second kappa shape index (κ2) is 34.6. The van der Waals surface area contributed by atoms with Crippen molar-refractivity contribution >= 4 is 17.9 Å². The summed E-state index contributed by atoms with van der Waals surface area (Å²) in [6.45, 7) is 12.8. The molecule has 488 valence electrons. The van der Waals surface area contributed by atoms with E-state index in [2.05, 4.69) is 6.92 Å². The van der Waals surface area contributed by atoms with Crippen LogP contribution in [0.25, 0.3) is 0 Å². The van der Waals surface area contributed by atoms with Crippen molar-refractivity contribution in [3.05, 3.63) is 0 Å². The molecule has 6 rings (SSSR count). The van der Waals surface area contributed by atoms with Crippen LogP contribution in [0.1, 0.15) is 184 Å². The smallest absolute Gasteiger partial charge is 0.309 e. The zero-order valence-corrected chi connectivity index (χ0v) is 50.5. The summed E-state index contributed by atoms with van der Waals surface area (Å²) in [6.07, 6.45) is -25.5. The summed E-state index contributed by atoms with van der Waals surface area (Å²) in [5.41, 5.74) is 0. The van der Waals surface area contributed by atoms with E-state index < -0.39 is 184 Å². The summed E-state index contributed by atoms with van der Waals surface area (Å²) >= 11 is 0. The average Bonchev–Trinajstić information content (AvgIpc) is 1.41. The maximum atomic E-state index is 14.2. The molecular formula is C59H102O25. The lowest BCUT2D eigenvalue weighted by molar-refractivity contribution is -0.400. The van der Waals surface area contributed by atoms with Crippen molar-refractivity contribution in [1.82, 2.24) is 0 Å². The number of hydrogen-bond acceptors (Lipinski definition) is 25. The lowest BCUT2D eigenvalue weighted by atomic mass is 9.95. The van der Waals surface area contributed by atoms with Crippen molar-refractivity contribution in [3.63, 3.8) is 0 Å². The number of carbonyl (C=O) groups is 3. The maximum absolute atomic E-state index is 14.2. The van der Waals surface area contributed by atoms with Gasteiger partial charge in [-0.2, -0.15) is 0 Å². The zero-order chi connectivity index (χ0) is 61.4. The van der Waals surface area contributed by atoms with Gasteiger partial charge in [0.05, 0.1) is 43.0 Å². The van der Waals surface area contributed by atoms with Crippen LogP contribution in [0, 0.1) is 5.92 Å². The maximum Gasteiger partial charge on any atom is 0.309 e. The number of carbonyl (C=O) groups excluding carboxylic acids is 3. The highest BCUT2D eigenvalue weighted by Gasteiger charge is 2.59. The van der Waals surface area contributed by atoms with E-state index in [0.29, 0.717) is 38.5 Å². The molecule has 6 heterocycles. The van der Waals surface area contributed by atoms with Gasteiger partial charge in [0.25, 0.3) is 0 Å². The minimum atomic E-state index is -2.01. The molecule has 0 amide bonds. The summed E-state index contributed by atoms with van der Waals surface area (Å²) in [5, 5.41) is 102. The highest BCUT2D eigenvalue weighted by atomic mass is 16.8. The third kappa shape index (κ3) is 18.9. The molecule has 6 fully saturated rings. The quantitative estimate of drug-likeness (QED) is 0.0453. The Labute approximate surface area is 494 Å². The molecule has 84 heavy (non-hydrogen) atoms. The standard InChI is InChI=1S/C59H102O25/c1-9-12-13-14-16-20-24-28-38(62)79-53-52(84-56-44(68)41(65)40(64)36(29-60)77-56)49(82-55-45(69)43(67)47(32(6)73-55)80-54(71)30(4)11-3)34(8)75-59(53)81-48-33(7)74-58-51(46(48)70)78-37(61)27-23-21-18-15-17-19-22-26-35(25-10-2)76-57-50(83-58)42(66)39(63)31(5)72-57/h30-36,39-53,55-60,63-70H,9-29H2,1-8H3. The predicted octanol–water partition coefficient (Wildman–Crippen LogP) is 2.74. The molecule has 6 aliphatic heterocycles. The molecule has 0 radical (unpaired) electrons. The van der Waals surface area contributed by atoms with Gasteiger partial charge >= 0.3 is 17.9 Å². The van der Waals surface area contributed by atoms with Gasteiger partial charge in [-0.05, 0) is 59.8 Å². The Balaban J connectivity index is 1.36. The van der Waals surface area contributed by atoms with Gasteiger partial charge in [0.15, 0.2) is 49.8 Å². The van der Waals surface area contributed by atoms with Crippen LogP contribution in [-0.2, 0) is 76.0 Å². The van der Waals surface area contributed by atoms with E-state index in [1.165, 1.54) is 20.8 Å². The minimum Gasteiger partial charge on any atom is -0.457 e. The minimum absolute atomic E-state index is 0.0374. The van der Waals surface area contributed by atoms with Gasteiger partial charge in [0.1, 0.15) is 79.4 Å². The Kier molecular flexibility index (Phi) is 29.1. The summed E-state index contributed by atoms with van der Waals surface area (Å²) < 4.78 is 81.6. The predicted molar refractivity (Wildman–Crippen MR) is 294 cm³/mol. The Morgan fingerprint density at radius 1 is 0.512 bits per heavy atom. The van der Waals surface area contributed by atoms with E-state index in [0.717, 1.165) is 77.0 Å². The van der Waals surface area contributed by atoms with E-state index >= 15 is 0 Å². The van der Waals surface area contributed by atoms with Gasteiger partial charge < -0.3 is 108 Å². The first-order valence-electron chi connectivity index (χ1n) is 31.3. The SMILES string of the molecule is CCCCCCCCCC(=O)OC1C(OC2C(C)OC3OC4C(OC(CCC)CCCCCCCCCC(=O)OC3C2O)OC(C)C(O)C4O)OC(C)C(OC2OC(C)C(OC(=O)C(C)CC)C(O)C2O)C1OC1OC(CO)C(O)C(O)C1O. The van der Waals surface area contributed by atoms with Gasteiger partial charge in [-0.15, -0.1) is 0 Å². The van der Waals surface area contributed by atoms with Crippen LogP contribution >= 0.6 is 0 Å². The number of ether oxygens (including phenoxy) is 13. The lowest BCUT2D eigenvalue weighted by Gasteiger charge is -2.51. The third-order valence-corrected chi connectivity index (χ3v) is 17.2.